The van der Waals surface area contributed by atoms with Crippen molar-refractivity contribution in [2.75, 3.05) is 33.0 Å². The van der Waals surface area contributed by atoms with E-state index in [2.05, 4.69) is 26.0 Å². The maximum atomic E-state index is 12.5. The van der Waals surface area contributed by atoms with Crippen LogP contribution in [0.25, 0.3) is 0 Å². The molecule has 9 heteroatoms. The van der Waals surface area contributed by atoms with E-state index >= 15 is 0 Å². The minimum atomic E-state index is -4.26. The molecule has 0 bridgehead atoms. The molecule has 0 saturated heterocycles. The van der Waals surface area contributed by atoms with Gasteiger partial charge in [0, 0.05) is 19.6 Å². The molecule has 0 spiro atoms. The molecule has 0 amide bonds. The van der Waals surface area contributed by atoms with Gasteiger partial charge in [0.2, 0.25) is 0 Å². The highest BCUT2D eigenvalue weighted by molar-refractivity contribution is 7.47. The second-order valence-electron chi connectivity index (χ2n) is 13.1. The topological polar surface area (TPSA) is 117 Å². The molecule has 0 aliphatic heterocycles. The van der Waals surface area contributed by atoms with E-state index in [-0.39, 0.29) is 32.3 Å². The van der Waals surface area contributed by atoms with Gasteiger partial charge in [-0.25, -0.2) is 4.57 Å². The van der Waals surface area contributed by atoms with Crippen LogP contribution in [-0.4, -0.2) is 49.9 Å². The van der Waals surface area contributed by atoms with Crippen molar-refractivity contribution in [3.63, 3.8) is 0 Å². The lowest BCUT2D eigenvalue weighted by atomic mass is 10.0. The first kappa shape index (κ1) is 46.2. The van der Waals surface area contributed by atoms with Crippen LogP contribution in [-0.2, 0) is 27.9 Å². The van der Waals surface area contributed by atoms with E-state index in [1.807, 2.05) is 0 Å². The number of hydrogen-bond donors (Lipinski definition) is 2. The molecule has 0 fully saturated rings. The summed E-state index contributed by atoms with van der Waals surface area (Å²) >= 11 is 0. The first-order chi connectivity index (χ1) is 22.9. The first-order valence-electron chi connectivity index (χ1n) is 19.7. The van der Waals surface area contributed by atoms with Crippen molar-refractivity contribution >= 4 is 13.8 Å². The minimum absolute atomic E-state index is 0.0937. The third-order valence-electron chi connectivity index (χ3n) is 8.41. The second-order valence-corrected chi connectivity index (χ2v) is 14.6. The summed E-state index contributed by atoms with van der Waals surface area (Å²) in [4.78, 5) is 22.4. The lowest BCUT2D eigenvalue weighted by molar-refractivity contribution is -0.154. The maximum Gasteiger partial charge on any atom is 0.472 e. The molecule has 47 heavy (non-hydrogen) atoms. The van der Waals surface area contributed by atoms with Crippen molar-refractivity contribution in [1.29, 1.82) is 0 Å². The molecule has 2 unspecified atom stereocenters. The van der Waals surface area contributed by atoms with Crippen LogP contribution >= 0.6 is 7.82 Å². The van der Waals surface area contributed by atoms with Crippen molar-refractivity contribution in [3.05, 3.63) is 12.2 Å². The molecule has 8 nitrogen and oxygen atoms in total. The third-order valence-corrected chi connectivity index (χ3v) is 9.40. The Balaban J connectivity index is 4.01. The SMILES string of the molecule is CCC/C=C\CCCCCCCCOCC(COP(=O)(O)OCCN)OC(=O)CCCCCCCCCCCCCCCCCCC. The van der Waals surface area contributed by atoms with Gasteiger partial charge in [0.05, 0.1) is 19.8 Å². The van der Waals surface area contributed by atoms with Crippen molar-refractivity contribution in [1.82, 2.24) is 0 Å². The zero-order valence-corrected chi connectivity index (χ0v) is 31.7. The van der Waals surface area contributed by atoms with Gasteiger partial charge < -0.3 is 20.1 Å². The molecule has 0 rings (SSSR count). The molecule has 280 valence electrons. The Labute approximate surface area is 290 Å². The van der Waals surface area contributed by atoms with Crippen LogP contribution in [0.1, 0.15) is 187 Å². The lowest BCUT2D eigenvalue weighted by Crippen LogP contribution is -2.28. The summed E-state index contributed by atoms with van der Waals surface area (Å²) < 4.78 is 33.3. The summed E-state index contributed by atoms with van der Waals surface area (Å²) in [5.41, 5.74) is 5.35. The number of allylic oxidation sites excluding steroid dienone is 2. The zero-order valence-electron chi connectivity index (χ0n) is 30.8. The molecule has 0 aromatic heterocycles. The summed E-state index contributed by atoms with van der Waals surface area (Å²) in [5, 5.41) is 0. The summed E-state index contributed by atoms with van der Waals surface area (Å²) in [6.07, 6.45) is 36.5. The molecular weight excluding hydrogens is 613 g/mol. The second kappa shape index (κ2) is 36.5. The van der Waals surface area contributed by atoms with E-state index in [1.165, 1.54) is 135 Å². The number of carbonyl (C=O) groups excluding carboxylic acids is 1. The van der Waals surface area contributed by atoms with Gasteiger partial charge in [-0.05, 0) is 32.1 Å². The summed E-state index contributed by atoms with van der Waals surface area (Å²) in [6.45, 7) is 4.88. The Morgan fingerprint density at radius 1 is 0.617 bits per heavy atom. The highest BCUT2D eigenvalue weighted by Gasteiger charge is 2.25. The van der Waals surface area contributed by atoms with E-state index in [4.69, 9.17) is 24.3 Å². The van der Waals surface area contributed by atoms with Crippen molar-refractivity contribution in [2.45, 2.75) is 193 Å². The Morgan fingerprint density at radius 2 is 1.11 bits per heavy atom. The van der Waals surface area contributed by atoms with Crippen LogP contribution in [0.5, 0.6) is 0 Å². The molecule has 0 heterocycles. The van der Waals surface area contributed by atoms with Crippen LogP contribution in [0.2, 0.25) is 0 Å². The van der Waals surface area contributed by atoms with Gasteiger partial charge in [-0.3, -0.25) is 13.8 Å². The summed E-state index contributed by atoms with van der Waals surface area (Å²) in [7, 11) is -4.26. The molecule has 0 aliphatic carbocycles. The summed E-state index contributed by atoms with van der Waals surface area (Å²) in [5.74, 6) is -0.330. The van der Waals surface area contributed by atoms with Gasteiger partial charge in [0.1, 0.15) is 6.10 Å². The Morgan fingerprint density at radius 3 is 1.64 bits per heavy atom. The number of nitrogens with two attached hydrogens (primary N) is 1. The van der Waals surface area contributed by atoms with Crippen molar-refractivity contribution < 1.29 is 32.8 Å². The van der Waals surface area contributed by atoms with Crippen molar-refractivity contribution in [3.8, 4) is 0 Å². The Bertz CT molecular complexity index is 737. The van der Waals surface area contributed by atoms with E-state index in [9.17, 15) is 14.3 Å². The standard InChI is InChI=1S/C38H76NO7P/c1-3-5-7-9-11-13-15-16-17-18-19-20-21-23-25-27-29-31-38(40)46-37(36-45-47(41,42)44-34-32-39)35-43-33-30-28-26-24-22-14-12-10-8-6-4-2/h8,10,37H,3-7,9,11-36,39H2,1-2H3,(H,41,42)/b10-8-. The number of rotatable bonds is 38. The smallest absolute Gasteiger partial charge is 0.457 e. The van der Waals surface area contributed by atoms with Gasteiger partial charge in [-0.2, -0.15) is 0 Å². The van der Waals surface area contributed by atoms with E-state index < -0.39 is 13.9 Å². The number of unbranched alkanes of at least 4 members (excludes halogenated alkanes) is 23. The third kappa shape index (κ3) is 36.3. The van der Waals surface area contributed by atoms with Gasteiger partial charge in [0.25, 0.3) is 0 Å². The Kier molecular flexibility index (Phi) is 35.9. The Hall–Kier alpha value is -0.760. The van der Waals surface area contributed by atoms with Gasteiger partial charge in [-0.1, -0.05) is 161 Å². The highest BCUT2D eigenvalue weighted by Crippen LogP contribution is 2.43. The first-order valence-corrected chi connectivity index (χ1v) is 21.2. The predicted octanol–water partition coefficient (Wildman–Crippen LogP) is 11.1. The quantitative estimate of drug-likeness (QED) is 0.0285. The van der Waals surface area contributed by atoms with Gasteiger partial charge >= 0.3 is 13.8 Å². The largest absolute Gasteiger partial charge is 0.472 e. The fourth-order valence-corrected chi connectivity index (χ4v) is 6.29. The van der Waals surface area contributed by atoms with Gasteiger partial charge in [0.15, 0.2) is 0 Å². The van der Waals surface area contributed by atoms with E-state index in [1.54, 1.807) is 0 Å². The van der Waals surface area contributed by atoms with Crippen LogP contribution in [0, 0.1) is 0 Å². The lowest BCUT2D eigenvalue weighted by Gasteiger charge is -2.20. The van der Waals surface area contributed by atoms with Crippen LogP contribution in [0.3, 0.4) is 0 Å². The number of phosphoric acid groups is 1. The minimum Gasteiger partial charge on any atom is -0.457 e. The van der Waals surface area contributed by atoms with Crippen molar-refractivity contribution in [2.24, 2.45) is 5.73 Å². The van der Waals surface area contributed by atoms with Crippen LogP contribution in [0.15, 0.2) is 12.2 Å². The molecule has 3 N–H and O–H groups in total. The predicted molar refractivity (Wildman–Crippen MR) is 197 cm³/mol. The molecule has 0 aromatic rings. The number of ether oxygens (including phenoxy) is 2. The summed E-state index contributed by atoms with van der Waals surface area (Å²) in [6, 6.07) is 0. The maximum absolute atomic E-state index is 12.5. The van der Waals surface area contributed by atoms with E-state index in [0.717, 1.165) is 32.1 Å². The normalized spacial score (nSPS) is 13.7. The molecule has 0 aliphatic rings. The fourth-order valence-electron chi connectivity index (χ4n) is 5.53. The average molecular weight is 690 g/mol. The number of carbonyl (C=O) groups is 1. The number of hydrogen-bond acceptors (Lipinski definition) is 7. The fraction of sp³-hybridized carbons (Fsp3) is 0.921. The zero-order chi connectivity index (χ0) is 34.5. The molecule has 0 aromatic carbocycles. The molecule has 2 atom stereocenters. The van der Waals surface area contributed by atoms with E-state index in [0.29, 0.717) is 13.0 Å². The number of phosphoric ester groups is 1. The molecular formula is C38H76NO7P. The van der Waals surface area contributed by atoms with Crippen LogP contribution in [0.4, 0.5) is 0 Å². The monoisotopic (exact) mass is 690 g/mol. The highest BCUT2D eigenvalue weighted by atomic mass is 31.2. The number of esters is 1. The molecule has 0 saturated carbocycles. The van der Waals surface area contributed by atoms with Gasteiger partial charge in [-0.15, -0.1) is 0 Å². The van der Waals surface area contributed by atoms with Crippen LogP contribution < -0.4 is 5.73 Å². The molecule has 0 radical (unpaired) electrons. The average Bonchev–Trinajstić information content (AvgIpc) is 3.06.